The number of para-hydroxylation sites is 1. The van der Waals surface area contributed by atoms with Crippen molar-refractivity contribution >= 4 is 27.0 Å². The SMILES string of the molecule is Brc1nnc(-c2cccc3nccnc23)o1. The number of hydrogen-bond acceptors (Lipinski definition) is 5. The lowest BCUT2D eigenvalue weighted by Crippen LogP contribution is -1.86. The van der Waals surface area contributed by atoms with Crippen molar-refractivity contribution in [1.29, 1.82) is 0 Å². The minimum Gasteiger partial charge on any atom is -0.411 e. The van der Waals surface area contributed by atoms with Gasteiger partial charge in [0.15, 0.2) is 0 Å². The second-order valence-electron chi connectivity index (χ2n) is 3.09. The topological polar surface area (TPSA) is 64.7 Å². The molecule has 0 fully saturated rings. The molecule has 78 valence electrons. The van der Waals surface area contributed by atoms with Gasteiger partial charge in [0.25, 0.3) is 10.7 Å². The quantitative estimate of drug-likeness (QED) is 0.683. The largest absolute Gasteiger partial charge is 0.411 e. The molecule has 0 unspecified atom stereocenters. The highest BCUT2D eigenvalue weighted by Gasteiger charge is 2.11. The fourth-order valence-corrected chi connectivity index (χ4v) is 1.71. The van der Waals surface area contributed by atoms with E-state index in [2.05, 4.69) is 36.1 Å². The Labute approximate surface area is 98.7 Å². The van der Waals surface area contributed by atoms with E-state index < -0.39 is 0 Å². The number of halogens is 1. The van der Waals surface area contributed by atoms with Crippen LogP contribution in [0.2, 0.25) is 0 Å². The number of aromatic nitrogens is 4. The molecule has 0 amide bonds. The van der Waals surface area contributed by atoms with Gasteiger partial charge in [-0.2, -0.15) is 0 Å². The van der Waals surface area contributed by atoms with Crippen LogP contribution < -0.4 is 0 Å². The third kappa shape index (κ3) is 1.47. The molecule has 0 saturated carbocycles. The molecule has 0 aliphatic heterocycles. The average molecular weight is 277 g/mol. The van der Waals surface area contributed by atoms with Gasteiger partial charge in [0.1, 0.15) is 5.52 Å². The number of benzene rings is 1. The first kappa shape index (κ1) is 9.41. The molecule has 5 nitrogen and oxygen atoms in total. The summed E-state index contributed by atoms with van der Waals surface area (Å²) in [6.07, 6.45) is 3.28. The van der Waals surface area contributed by atoms with Gasteiger partial charge in [0, 0.05) is 28.3 Å². The van der Waals surface area contributed by atoms with Gasteiger partial charge in [0.2, 0.25) is 0 Å². The monoisotopic (exact) mass is 276 g/mol. The highest BCUT2D eigenvalue weighted by atomic mass is 79.9. The van der Waals surface area contributed by atoms with E-state index in [1.54, 1.807) is 12.4 Å². The highest BCUT2D eigenvalue weighted by Crippen LogP contribution is 2.25. The van der Waals surface area contributed by atoms with Gasteiger partial charge < -0.3 is 4.42 Å². The molecule has 0 aliphatic rings. The molecule has 2 aromatic heterocycles. The maximum atomic E-state index is 5.30. The summed E-state index contributed by atoms with van der Waals surface area (Å²) >= 11 is 3.12. The summed E-state index contributed by atoms with van der Waals surface area (Å²) in [7, 11) is 0. The zero-order valence-electron chi connectivity index (χ0n) is 7.96. The van der Waals surface area contributed by atoms with Gasteiger partial charge in [-0.05, 0) is 12.1 Å². The standard InChI is InChI=1S/C10H5BrN4O/c11-10-15-14-9(16-10)6-2-1-3-7-8(6)13-5-4-12-7/h1-5H. The van der Waals surface area contributed by atoms with E-state index in [1.165, 1.54) is 0 Å². The Morgan fingerprint density at radius 1 is 1.06 bits per heavy atom. The fourth-order valence-electron chi connectivity index (χ4n) is 1.48. The summed E-state index contributed by atoms with van der Waals surface area (Å²) in [5, 5.41) is 7.66. The minimum absolute atomic E-state index is 0.350. The lowest BCUT2D eigenvalue weighted by atomic mass is 10.2. The number of fused-ring (bicyclic) bond motifs is 1. The van der Waals surface area contributed by atoms with Crippen molar-refractivity contribution in [1.82, 2.24) is 20.2 Å². The molecule has 16 heavy (non-hydrogen) atoms. The smallest absolute Gasteiger partial charge is 0.285 e. The van der Waals surface area contributed by atoms with Crippen molar-refractivity contribution in [3.63, 3.8) is 0 Å². The lowest BCUT2D eigenvalue weighted by molar-refractivity contribution is 0.541. The normalized spacial score (nSPS) is 10.8. The van der Waals surface area contributed by atoms with Crippen LogP contribution in [0.25, 0.3) is 22.5 Å². The first-order valence-corrected chi connectivity index (χ1v) is 5.33. The Morgan fingerprint density at radius 2 is 1.94 bits per heavy atom. The second-order valence-corrected chi connectivity index (χ2v) is 3.77. The summed E-state index contributed by atoms with van der Waals surface area (Å²) in [5.41, 5.74) is 2.33. The average Bonchev–Trinajstić information content (AvgIpc) is 2.75. The second kappa shape index (κ2) is 3.64. The van der Waals surface area contributed by atoms with Crippen LogP contribution >= 0.6 is 15.9 Å². The van der Waals surface area contributed by atoms with Crippen molar-refractivity contribution < 1.29 is 4.42 Å². The maximum Gasteiger partial charge on any atom is 0.285 e. The van der Waals surface area contributed by atoms with Crippen LogP contribution in [0.4, 0.5) is 0 Å². The van der Waals surface area contributed by atoms with Gasteiger partial charge in [-0.3, -0.25) is 9.97 Å². The molecule has 0 bridgehead atoms. The van der Waals surface area contributed by atoms with E-state index >= 15 is 0 Å². The van der Waals surface area contributed by atoms with Gasteiger partial charge in [-0.15, -0.1) is 10.2 Å². The zero-order chi connectivity index (χ0) is 11.0. The fraction of sp³-hybridized carbons (Fsp3) is 0. The maximum absolute atomic E-state index is 5.30. The molecule has 0 aliphatic carbocycles. The molecular weight excluding hydrogens is 272 g/mol. The molecule has 2 heterocycles. The summed E-state index contributed by atoms with van der Waals surface area (Å²) < 4.78 is 5.30. The van der Waals surface area contributed by atoms with Crippen molar-refractivity contribution in [3.8, 4) is 11.5 Å². The predicted molar refractivity (Wildman–Crippen MR) is 60.5 cm³/mol. The number of rotatable bonds is 1. The van der Waals surface area contributed by atoms with Crippen LogP contribution in [-0.4, -0.2) is 20.2 Å². The molecule has 3 rings (SSSR count). The first-order valence-electron chi connectivity index (χ1n) is 4.54. The molecular formula is C10H5BrN4O. The Balaban J connectivity index is 2.31. The molecule has 6 heteroatoms. The molecule has 0 spiro atoms. The molecule has 1 aromatic carbocycles. The van der Waals surface area contributed by atoms with E-state index in [1.807, 2.05) is 18.2 Å². The summed E-state index contributed by atoms with van der Waals surface area (Å²) in [6, 6.07) is 5.64. The number of nitrogens with zero attached hydrogens (tertiary/aromatic N) is 4. The van der Waals surface area contributed by atoms with Crippen molar-refractivity contribution in [3.05, 3.63) is 35.4 Å². The van der Waals surface area contributed by atoms with Crippen molar-refractivity contribution in [2.24, 2.45) is 0 Å². The van der Waals surface area contributed by atoms with Crippen LogP contribution in [0.1, 0.15) is 0 Å². The molecule has 0 atom stereocenters. The van der Waals surface area contributed by atoms with E-state index in [4.69, 9.17) is 4.42 Å². The van der Waals surface area contributed by atoms with Crippen LogP contribution in [-0.2, 0) is 0 Å². The Morgan fingerprint density at radius 3 is 2.75 bits per heavy atom. The van der Waals surface area contributed by atoms with E-state index in [0.717, 1.165) is 16.6 Å². The molecule has 3 aromatic rings. The predicted octanol–water partition coefficient (Wildman–Crippen LogP) is 2.44. The lowest BCUT2D eigenvalue weighted by Gasteiger charge is -1.99. The zero-order valence-corrected chi connectivity index (χ0v) is 9.55. The van der Waals surface area contributed by atoms with Crippen molar-refractivity contribution in [2.45, 2.75) is 0 Å². The Bertz CT molecular complexity index is 647. The van der Waals surface area contributed by atoms with Gasteiger partial charge in [-0.25, -0.2) is 0 Å². The highest BCUT2D eigenvalue weighted by molar-refractivity contribution is 9.10. The third-order valence-electron chi connectivity index (χ3n) is 2.13. The summed E-state index contributed by atoms with van der Waals surface area (Å²) in [4.78, 5) is 8.82. The third-order valence-corrected chi connectivity index (χ3v) is 2.45. The van der Waals surface area contributed by atoms with E-state index in [9.17, 15) is 0 Å². The Kier molecular flexibility index (Phi) is 2.14. The van der Waals surface area contributed by atoms with Crippen LogP contribution in [0.3, 0.4) is 0 Å². The molecule has 0 radical (unpaired) electrons. The van der Waals surface area contributed by atoms with E-state index in [-0.39, 0.29) is 0 Å². The van der Waals surface area contributed by atoms with E-state index in [0.29, 0.717) is 10.7 Å². The molecule has 0 saturated heterocycles. The van der Waals surface area contributed by atoms with Gasteiger partial charge in [-0.1, -0.05) is 6.07 Å². The van der Waals surface area contributed by atoms with Gasteiger partial charge in [0.05, 0.1) is 11.1 Å². The first-order chi connectivity index (χ1) is 7.84. The molecule has 0 N–H and O–H groups in total. The van der Waals surface area contributed by atoms with Crippen LogP contribution in [0.5, 0.6) is 0 Å². The number of hydrogen-bond donors (Lipinski definition) is 0. The van der Waals surface area contributed by atoms with Gasteiger partial charge >= 0.3 is 0 Å². The summed E-state index contributed by atoms with van der Waals surface area (Å²) in [5.74, 6) is 0.429. The minimum atomic E-state index is 0.350. The summed E-state index contributed by atoms with van der Waals surface area (Å²) in [6.45, 7) is 0. The Hall–Kier alpha value is -1.82. The van der Waals surface area contributed by atoms with Crippen LogP contribution in [0, 0.1) is 0 Å². The van der Waals surface area contributed by atoms with Crippen LogP contribution in [0.15, 0.2) is 39.8 Å². The van der Waals surface area contributed by atoms with Crippen molar-refractivity contribution in [2.75, 3.05) is 0 Å².